The Morgan fingerprint density at radius 1 is 1.03 bits per heavy atom. The number of para-hydroxylation sites is 1. The van der Waals surface area contributed by atoms with Crippen LogP contribution in [0.25, 0.3) is 11.0 Å². The quantitative estimate of drug-likeness (QED) is 0.138. The molecule has 2 rings (SSSR count). The predicted molar refractivity (Wildman–Crippen MR) is 120 cm³/mol. The molecule has 2 aromatic rings. The summed E-state index contributed by atoms with van der Waals surface area (Å²) in [4.78, 5) is 27.2. The first-order valence-corrected chi connectivity index (χ1v) is 12.1. The molecule has 0 unspecified atom stereocenters. The van der Waals surface area contributed by atoms with Gasteiger partial charge in [-0.25, -0.2) is 14.6 Å². The second kappa shape index (κ2) is 13.1. The fourth-order valence-electron chi connectivity index (χ4n) is 2.50. The van der Waals surface area contributed by atoms with E-state index < -0.39 is 52.0 Å². The van der Waals surface area contributed by atoms with Crippen molar-refractivity contribution < 1.29 is 46.9 Å². The van der Waals surface area contributed by atoms with Gasteiger partial charge in [0, 0.05) is 6.54 Å². The third-order valence-electron chi connectivity index (χ3n) is 3.92. The van der Waals surface area contributed by atoms with Crippen molar-refractivity contribution in [1.29, 1.82) is 0 Å². The number of aromatic nitrogens is 2. The van der Waals surface area contributed by atoms with Crippen LogP contribution in [0.2, 0.25) is 0 Å². The Hall–Kier alpha value is -2.86. The molecule has 0 atom stereocenters. The summed E-state index contributed by atoms with van der Waals surface area (Å²) in [6.45, 7) is 5.56. The van der Waals surface area contributed by atoms with Gasteiger partial charge in [0.15, 0.2) is 0 Å². The van der Waals surface area contributed by atoms with Crippen LogP contribution in [0.1, 0.15) is 27.7 Å². The number of hydrogen-bond acceptors (Lipinski definition) is 12. The van der Waals surface area contributed by atoms with Crippen molar-refractivity contribution in [1.82, 2.24) is 9.55 Å². The maximum absolute atomic E-state index is 13.0. The Morgan fingerprint density at radius 2 is 1.62 bits per heavy atom. The number of imidazole rings is 1. The van der Waals surface area contributed by atoms with Gasteiger partial charge in [-0.05, 0) is 39.8 Å². The number of rotatable bonds is 13. The molecule has 0 saturated heterocycles. The largest absolute Gasteiger partial charge is 0.510 e. The molecular weight excluding hydrogens is 473 g/mol. The zero-order chi connectivity index (χ0) is 25.1. The first-order valence-electron chi connectivity index (χ1n) is 10.4. The van der Waals surface area contributed by atoms with Crippen molar-refractivity contribution in [3.63, 3.8) is 0 Å². The average Bonchev–Trinajstić information content (AvgIpc) is 3.14. The van der Waals surface area contributed by atoms with Gasteiger partial charge in [0.2, 0.25) is 13.6 Å². The van der Waals surface area contributed by atoms with E-state index in [9.17, 15) is 14.2 Å². The summed E-state index contributed by atoms with van der Waals surface area (Å²) in [5.41, 5.74) is 7.93. The Balaban J connectivity index is 1.88. The van der Waals surface area contributed by atoms with Crippen LogP contribution in [0.15, 0.2) is 24.5 Å². The molecule has 34 heavy (non-hydrogen) atoms. The van der Waals surface area contributed by atoms with Gasteiger partial charge in [-0.1, -0.05) is 6.07 Å². The highest BCUT2D eigenvalue weighted by atomic mass is 31.2. The summed E-state index contributed by atoms with van der Waals surface area (Å²) in [6, 6.07) is 5.41. The molecule has 2 N–H and O–H groups in total. The minimum Gasteiger partial charge on any atom is -0.432 e. The smallest absolute Gasteiger partial charge is 0.432 e. The molecule has 0 radical (unpaired) electrons. The summed E-state index contributed by atoms with van der Waals surface area (Å²) < 4.78 is 49.4. The topological polar surface area (TPSA) is 160 Å². The second-order valence-corrected chi connectivity index (χ2v) is 9.41. The molecule has 0 spiro atoms. The van der Waals surface area contributed by atoms with E-state index in [2.05, 4.69) is 4.98 Å². The summed E-state index contributed by atoms with van der Waals surface area (Å²) in [5, 5.41) is 0. The number of anilines is 1. The Morgan fingerprint density at radius 3 is 2.18 bits per heavy atom. The number of ether oxygens (including phenoxy) is 5. The van der Waals surface area contributed by atoms with Gasteiger partial charge in [0.05, 0.1) is 36.3 Å². The summed E-state index contributed by atoms with van der Waals surface area (Å²) in [5.74, 6) is 0. The second-order valence-electron chi connectivity index (χ2n) is 7.42. The van der Waals surface area contributed by atoms with E-state index in [0.29, 0.717) is 17.7 Å². The minimum absolute atomic E-state index is 0.115. The van der Waals surface area contributed by atoms with Crippen LogP contribution in [0.5, 0.6) is 0 Å². The van der Waals surface area contributed by atoms with Gasteiger partial charge in [-0.3, -0.25) is 13.6 Å². The number of benzene rings is 1. The third-order valence-corrected chi connectivity index (χ3v) is 5.42. The lowest BCUT2D eigenvalue weighted by Gasteiger charge is -2.19. The standard InChI is InChI=1S/C20H30N3O10P/c1-14(2)32-19(24)28-11-30-34(26,31-12-29-20(25)33-15(3)4)13-27-9-8-23-10-22-18-16(21)6-5-7-17(18)23/h5-7,10,14-15H,8-9,11-13,21H2,1-4H3. The number of nitrogen functional groups attached to an aromatic ring is 1. The highest BCUT2D eigenvalue weighted by Gasteiger charge is 2.27. The number of nitrogens with zero attached hydrogens (tertiary/aromatic N) is 2. The van der Waals surface area contributed by atoms with Crippen LogP contribution < -0.4 is 5.73 Å². The molecule has 190 valence electrons. The minimum atomic E-state index is -4.00. The molecule has 1 aromatic heterocycles. The van der Waals surface area contributed by atoms with Gasteiger partial charge in [0.1, 0.15) is 11.9 Å². The van der Waals surface area contributed by atoms with E-state index in [1.54, 1.807) is 46.2 Å². The molecule has 1 aromatic carbocycles. The molecule has 0 amide bonds. The molecule has 1 heterocycles. The van der Waals surface area contributed by atoms with Crippen LogP contribution >= 0.6 is 7.60 Å². The highest BCUT2D eigenvalue weighted by Crippen LogP contribution is 2.48. The number of fused-ring (bicyclic) bond motifs is 1. The van der Waals surface area contributed by atoms with Gasteiger partial charge in [-0.2, -0.15) is 0 Å². The molecule has 0 saturated carbocycles. The van der Waals surface area contributed by atoms with E-state index in [-0.39, 0.29) is 6.61 Å². The van der Waals surface area contributed by atoms with Crippen molar-refractivity contribution in [2.24, 2.45) is 0 Å². The maximum Gasteiger partial charge on any atom is 0.510 e. The lowest BCUT2D eigenvalue weighted by Crippen LogP contribution is -2.17. The molecule has 0 fully saturated rings. The van der Waals surface area contributed by atoms with Crippen molar-refractivity contribution in [3.05, 3.63) is 24.5 Å². The molecule has 0 aliphatic rings. The maximum atomic E-state index is 13.0. The monoisotopic (exact) mass is 503 g/mol. The molecule has 0 bridgehead atoms. The van der Waals surface area contributed by atoms with Crippen molar-refractivity contribution in [2.45, 2.75) is 46.4 Å². The van der Waals surface area contributed by atoms with Gasteiger partial charge in [-0.15, -0.1) is 0 Å². The van der Waals surface area contributed by atoms with Crippen LogP contribution in [0.3, 0.4) is 0 Å². The van der Waals surface area contributed by atoms with Crippen LogP contribution in [-0.4, -0.2) is 60.6 Å². The molecule has 0 aliphatic carbocycles. The fourth-order valence-corrected chi connectivity index (χ4v) is 3.51. The lowest BCUT2D eigenvalue weighted by molar-refractivity contribution is -0.0344. The SMILES string of the molecule is CC(C)OC(=O)OCOP(=O)(COCCn1cnc2c(N)cccc21)OCOC(=O)OC(C)C. The molecule has 0 aliphatic heterocycles. The summed E-state index contributed by atoms with van der Waals surface area (Å²) >= 11 is 0. The Labute approximate surface area is 196 Å². The molecule has 13 nitrogen and oxygen atoms in total. The van der Waals surface area contributed by atoms with Crippen molar-refractivity contribution in [2.75, 3.05) is 32.3 Å². The lowest BCUT2D eigenvalue weighted by atomic mass is 10.3. The van der Waals surface area contributed by atoms with Crippen LogP contribution in [-0.2, 0) is 43.8 Å². The van der Waals surface area contributed by atoms with Crippen LogP contribution in [0.4, 0.5) is 15.3 Å². The average molecular weight is 503 g/mol. The first kappa shape index (κ1) is 27.4. The van der Waals surface area contributed by atoms with E-state index in [1.807, 2.05) is 10.6 Å². The summed E-state index contributed by atoms with van der Waals surface area (Å²) in [7, 11) is -4.00. The molecular formula is C20H30N3O10P. The Kier molecular flexibility index (Phi) is 10.6. The number of carbonyl (C=O) groups is 2. The van der Waals surface area contributed by atoms with Crippen LogP contribution in [0, 0.1) is 0 Å². The predicted octanol–water partition coefficient (Wildman–Crippen LogP) is 3.86. The Bertz CT molecular complexity index is 962. The molecule has 14 heteroatoms. The zero-order valence-electron chi connectivity index (χ0n) is 19.5. The number of carbonyl (C=O) groups excluding carboxylic acids is 2. The number of hydrogen-bond donors (Lipinski definition) is 1. The first-order chi connectivity index (χ1) is 16.1. The fraction of sp³-hybridized carbons (Fsp3) is 0.550. The van der Waals surface area contributed by atoms with E-state index in [4.69, 9.17) is 38.5 Å². The van der Waals surface area contributed by atoms with E-state index in [1.165, 1.54) is 0 Å². The summed E-state index contributed by atoms with van der Waals surface area (Å²) in [6.07, 6.45) is -1.73. The van der Waals surface area contributed by atoms with Gasteiger partial charge < -0.3 is 34.0 Å². The number of nitrogens with two attached hydrogens (primary N) is 1. The van der Waals surface area contributed by atoms with Crippen molar-refractivity contribution in [3.8, 4) is 0 Å². The third kappa shape index (κ3) is 9.18. The van der Waals surface area contributed by atoms with Gasteiger partial charge >= 0.3 is 19.9 Å². The highest BCUT2D eigenvalue weighted by molar-refractivity contribution is 7.53. The van der Waals surface area contributed by atoms with E-state index >= 15 is 0 Å². The zero-order valence-corrected chi connectivity index (χ0v) is 20.4. The van der Waals surface area contributed by atoms with E-state index in [0.717, 1.165) is 5.52 Å². The van der Waals surface area contributed by atoms with Crippen molar-refractivity contribution >= 4 is 36.6 Å². The normalized spacial score (nSPS) is 11.7. The van der Waals surface area contributed by atoms with Gasteiger partial charge in [0.25, 0.3) is 0 Å².